The minimum atomic E-state index is -0.833. The molecular formula is C11H27NO3. The van der Waals surface area contributed by atoms with Gasteiger partial charge in [0, 0.05) is 20.1 Å². The number of hydrogen-bond acceptors (Lipinski definition) is 3. The summed E-state index contributed by atoms with van der Waals surface area (Å²) in [4.78, 5) is 9.00. The smallest absolute Gasteiger partial charge is 0.300 e. The maximum atomic E-state index is 9.00. The summed E-state index contributed by atoms with van der Waals surface area (Å²) in [5.74, 6) is -0.833. The highest BCUT2D eigenvalue weighted by atomic mass is 16.5. The first kappa shape index (κ1) is 19.9. The van der Waals surface area contributed by atoms with Crippen molar-refractivity contribution in [3.05, 3.63) is 0 Å². The van der Waals surface area contributed by atoms with Gasteiger partial charge in [0.05, 0.1) is 0 Å². The monoisotopic (exact) mass is 221 g/mol. The Labute approximate surface area is 93.8 Å². The third-order valence-electron chi connectivity index (χ3n) is 1.22. The van der Waals surface area contributed by atoms with Crippen LogP contribution in [0, 0.1) is 0 Å². The molecule has 0 unspecified atom stereocenters. The van der Waals surface area contributed by atoms with E-state index in [1.807, 2.05) is 13.8 Å². The minimum Gasteiger partial charge on any atom is -0.481 e. The van der Waals surface area contributed by atoms with E-state index >= 15 is 0 Å². The molecule has 94 valence electrons. The molecular weight excluding hydrogens is 194 g/mol. The Kier molecular flexibility index (Phi) is 30.9. The second-order valence-electron chi connectivity index (χ2n) is 2.80. The summed E-state index contributed by atoms with van der Waals surface area (Å²) in [6.45, 7) is 9.78. The summed E-state index contributed by atoms with van der Waals surface area (Å²) >= 11 is 0. The first-order valence-electron chi connectivity index (χ1n) is 5.53. The van der Waals surface area contributed by atoms with Gasteiger partial charge in [0.1, 0.15) is 0 Å². The van der Waals surface area contributed by atoms with Crippen LogP contribution in [0.3, 0.4) is 0 Å². The van der Waals surface area contributed by atoms with Gasteiger partial charge in [-0.1, -0.05) is 19.8 Å². The number of unbranched alkanes of at least 4 members (excludes halogenated alkanes) is 2. The second kappa shape index (κ2) is 23.3. The zero-order chi connectivity index (χ0) is 12.5. The second-order valence-corrected chi connectivity index (χ2v) is 2.80. The molecule has 4 heteroatoms. The highest BCUT2D eigenvalue weighted by Crippen LogP contribution is 1.88. The van der Waals surface area contributed by atoms with Gasteiger partial charge in [0.25, 0.3) is 5.97 Å². The third kappa shape index (κ3) is 90.1. The van der Waals surface area contributed by atoms with Gasteiger partial charge in [-0.3, -0.25) is 4.79 Å². The van der Waals surface area contributed by atoms with Crippen LogP contribution in [0.25, 0.3) is 0 Å². The number of ether oxygens (including phenoxy) is 1. The van der Waals surface area contributed by atoms with Crippen molar-refractivity contribution in [1.29, 1.82) is 0 Å². The van der Waals surface area contributed by atoms with Crippen LogP contribution >= 0.6 is 0 Å². The lowest BCUT2D eigenvalue weighted by Gasteiger charge is -1.86. The maximum Gasteiger partial charge on any atom is 0.300 e. The Balaban J connectivity index is -0.000000147. The average Bonchev–Trinajstić information content (AvgIpc) is 2.16. The van der Waals surface area contributed by atoms with E-state index in [1.165, 1.54) is 19.3 Å². The van der Waals surface area contributed by atoms with Gasteiger partial charge in [-0.2, -0.15) is 0 Å². The molecule has 15 heavy (non-hydrogen) atoms. The van der Waals surface area contributed by atoms with Gasteiger partial charge in [0.15, 0.2) is 0 Å². The van der Waals surface area contributed by atoms with Crippen LogP contribution in [0.2, 0.25) is 0 Å². The molecule has 0 radical (unpaired) electrons. The van der Waals surface area contributed by atoms with Crippen molar-refractivity contribution in [2.45, 2.75) is 47.0 Å². The number of aliphatic carboxylic acids is 1. The summed E-state index contributed by atoms with van der Waals surface area (Å²) in [6, 6.07) is 0. The predicted octanol–water partition coefficient (Wildman–Crippen LogP) is 2.27. The van der Waals surface area contributed by atoms with Crippen LogP contribution in [-0.4, -0.2) is 30.8 Å². The molecule has 0 rings (SSSR count). The van der Waals surface area contributed by atoms with Crippen molar-refractivity contribution < 1.29 is 14.6 Å². The lowest BCUT2D eigenvalue weighted by Crippen LogP contribution is -1.96. The summed E-state index contributed by atoms with van der Waals surface area (Å²) in [5.41, 5.74) is 5.21. The van der Waals surface area contributed by atoms with E-state index in [-0.39, 0.29) is 0 Å². The first-order valence-corrected chi connectivity index (χ1v) is 5.53. The third-order valence-corrected chi connectivity index (χ3v) is 1.22. The fourth-order valence-corrected chi connectivity index (χ4v) is 0.598. The Bertz CT molecular complexity index is 98.0. The van der Waals surface area contributed by atoms with Crippen LogP contribution < -0.4 is 5.73 Å². The molecule has 0 aliphatic carbocycles. The number of carboxylic acid groups (broad SMARTS) is 1. The van der Waals surface area contributed by atoms with Gasteiger partial charge >= 0.3 is 0 Å². The quantitative estimate of drug-likeness (QED) is 0.698. The molecule has 0 aromatic rings. The van der Waals surface area contributed by atoms with Crippen LogP contribution in [0.4, 0.5) is 0 Å². The highest BCUT2D eigenvalue weighted by Gasteiger charge is 1.75. The fraction of sp³-hybridized carbons (Fsp3) is 0.909. The average molecular weight is 221 g/mol. The predicted molar refractivity (Wildman–Crippen MR) is 64.1 cm³/mol. The first-order chi connectivity index (χ1) is 7.06. The summed E-state index contributed by atoms with van der Waals surface area (Å²) in [6.07, 6.45) is 3.75. The van der Waals surface area contributed by atoms with Crippen molar-refractivity contribution in [2.75, 3.05) is 19.8 Å². The number of rotatable bonds is 5. The molecule has 0 spiro atoms. The molecule has 0 aliphatic heterocycles. The van der Waals surface area contributed by atoms with Crippen molar-refractivity contribution in [3.8, 4) is 0 Å². The van der Waals surface area contributed by atoms with E-state index in [0.717, 1.165) is 26.7 Å². The Morgan fingerprint density at radius 1 is 1.20 bits per heavy atom. The topological polar surface area (TPSA) is 72.5 Å². The standard InChI is InChI=1S/C5H13N.C4H10O.C2H4O2/c1-2-3-4-5-6;1-3-5-4-2;1-2(3)4/h2-6H2,1H3;3-4H2,1-2H3;1H3,(H,3,4). The molecule has 0 fully saturated rings. The van der Waals surface area contributed by atoms with Crippen LogP contribution in [-0.2, 0) is 9.53 Å². The normalized spacial score (nSPS) is 8.07. The van der Waals surface area contributed by atoms with E-state index in [0.29, 0.717) is 0 Å². The lowest BCUT2D eigenvalue weighted by atomic mass is 10.3. The summed E-state index contributed by atoms with van der Waals surface area (Å²) in [7, 11) is 0. The minimum absolute atomic E-state index is 0.833. The fourth-order valence-electron chi connectivity index (χ4n) is 0.598. The van der Waals surface area contributed by atoms with Gasteiger partial charge < -0.3 is 15.6 Å². The Morgan fingerprint density at radius 2 is 1.60 bits per heavy atom. The van der Waals surface area contributed by atoms with Gasteiger partial charge in [-0.25, -0.2) is 0 Å². The zero-order valence-electron chi connectivity index (χ0n) is 10.6. The lowest BCUT2D eigenvalue weighted by molar-refractivity contribution is -0.134. The zero-order valence-corrected chi connectivity index (χ0v) is 10.6. The van der Waals surface area contributed by atoms with E-state index in [9.17, 15) is 0 Å². The number of carboxylic acids is 1. The molecule has 0 atom stereocenters. The van der Waals surface area contributed by atoms with E-state index < -0.39 is 5.97 Å². The van der Waals surface area contributed by atoms with E-state index in [2.05, 4.69) is 6.92 Å². The van der Waals surface area contributed by atoms with Crippen molar-refractivity contribution in [1.82, 2.24) is 0 Å². The van der Waals surface area contributed by atoms with Gasteiger partial charge in [-0.05, 0) is 26.8 Å². The molecule has 0 aromatic carbocycles. The number of carbonyl (C=O) groups is 1. The van der Waals surface area contributed by atoms with Crippen LogP contribution in [0.1, 0.15) is 47.0 Å². The van der Waals surface area contributed by atoms with Crippen molar-refractivity contribution in [3.63, 3.8) is 0 Å². The maximum absolute atomic E-state index is 9.00. The molecule has 0 aliphatic rings. The molecule has 0 amide bonds. The van der Waals surface area contributed by atoms with Gasteiger partial charge in [0.2, 0.25) is 0 Å². The van der Waals surface area contributed by atoms with Crippen LogP contribution in [0.5, 0.6) is 0 Å². The molecule has 0 heterocycles. The van der Waals surface area contributed by atoms with Crippen molar-refractivity contribution >= 4 is 5.97 Å². The number of hydrogen-bond donors (Lipinski definition) is 2. The Morgan fingerprint density at radius 3 is 1.67 bits per heavy atom. The van der Waals surface area contributed by atoms with Gasteiger partial charge in [-0.15, -0.1) is 0 Å². The molecule has 0 saturated heterocycles. The highest BCUT2D eigenvalue weighted by molar-refractivity contribution is 5.62. The molecule has 0 aromatic heterocycles. The molecule has 4 nitrogen and oxygen atoms in total. The summed E-state index contributed by atoms with van der Waals surface area (Å²) in [5, 5.41) is 7.42. The molecule has 0 saturated carbocycles. The van der Waals surface area contributed by atoms with Crippen LogP contribution in [0.15, 0.2) is 0 Å². The summed E-state index contributed by atoms with van der Waals surface area (Å²) < 4.78 is 4.83. The number of nitrogens with two attached hydrogens (primary N) is 1. The Hall–Kier alpha value is -0.610. The van der Waals surface area contributed by atoms with Crippen molar-refractivity contribution in [2.24, 2.45) is 5.73 Å². The van der Waals surface area contributed by atoms with E-state index in [4.69, 9.17) is 20.4 Å². The molecule has 0 bridgehead atoms. The largest absolute Gasteiger partial charge is 0.481 e. The van der Waals surface area contributed by atoms with E-state index in [1.54, 1.807) is 0 Å². The molecule has 3 N–H and O–H groups in total. The SMILES string of the molecule is CC(=O)O.CCCCCN.CCOCC.